The van der Waals surface area contributed by atoms with Gasteiger partial charge in [-0.25, -0.2) is 4.98 Å². The van der Waals surface area contributed by atoms with Gasteiger partial charge in [0.15, 0.2) is 0 Å². The number of fused-ring (bicyclic) bond motifs is 1. The minimum atomic E-state index is -3.01. The highest BCUT2D eigenvalue weighted by molar-refractivity contribution is 7.84. The van der Waals surface area contributed by atoms with Crippen molar-refractivity contribution in [2.45, 2.75) is 17.4 Å². The van der Waals surface area contributed by atoms with E-state index in [0.717, 1.165) is 5.56 Å². The van der Waals surface area contributed by atoms with E-state index in [1.165, 1.54) is 6.07 Å². The van der Waals surface area contributed by atoms with Crippen molar-refractivity contribution in [1.29, 1.82) is 0 Å². The molecule has 0 aliphatic heterocycles. The van der Waals surface area contributed by atoms with E-state index >= 15 is 0 Å². The fourth-order valence-corrected chi connectivity index (χ4v) is 4.85. The van der Waals surface area contributed by atoms with Crippen molar-refractivity contribution in [2.75, 3.05) is 12.9 Å². The molecule has 0 radical (unpaired) electrons. The molecule has 10 heteroatoms. The lowest BCUT2D eigenvalue weighted by molar-refractivity contribution is -0.0494. The normalized spacial score (nSPS) is 13.4. The summed E-state index contributed by atoms with van der Waals surface area (Å²) in [4.78, 5) is 8.39. The number of nitrogens with one attached hydrogen (secondary N) is 1. The van der Waals surface area contributed by atoms with Crippen LogP contribution in [0.15, 0.2) is 59.5 Å². The van der Waals surface area contributed by atoms with E-state index in [-0.39, 0.29) is 22.4 Å². The molecule has 5 nitrogen and oxygen atoms in total. The lowest BCUT2D eigenvalue weighted by atomic mass is 9.99. The number of hydrogen-bond donors (Lipinski definition) is 2. The minimum absolute atomic E-state index is 0.0620. The summed E-state index contributed by atoms with van der Waals surface area (Å²) in [6.45, 7) is -3.25. The number of aromatic nitrogens is 2. The second kappa shape index (κ2) is 9.77. The molecule has 0 saturated heterocycles. The van der Waals surface area contributed by atoms with Crippen LogP contribution in [0.2, 0.25) is 10.0 Å². The number of aliphatic hydroxyl groups excluding tert-OH is 1. The molecule has 2 atom stereocenters. The monoisotopic (exact) mass is 510 g/mol. The molecule has 0 saturated carbocycles. The van der Waals surface area contributed by atoms with Crippen LogP contribution in [-0.2, 0) is 10.8 Å². The highest BCUT2D eigenvalue weighted by Gasteiger charge is 2.23. The lowest BCUT2D eigenvalue weighted by Crippen LogP contribution is -2.08. The summed E-state index contributed by atoms with van der Waals surface area (Å²) in [5.41, 5.74) is 2.30. The molecule has 1 heterocycles. The van der Waals surface area contributed by atoms with E-state index < -0.39 is 23.3 Å². The quantitative estimate of drug-likeness (QED) is 0.319. The van der Waals surface area contributed by atoms with Gasteiger partial charge in [-0.15, -0.1) is 0 Å². The van der Waals surface area contributed by atoms with E-state index in [1.807, 2.05) is 0 Å². The molecule has 2 N–H and O–H groups in total. The van der Waals surface area contributed by atoms with Gasteiger partial charge < -0.3 is 14.8 Å². The summed E-state index contributed by atoms with van der Waals surface area (Å²) in [6.07, 6.45) is 1.59. The standard InChI is InChI=1S/C23H18Cl2F2N2O3S/c1-33(31)13-8-6-12(7-9-13)15(11-30)22-28-17-10-16(24)19(20(25)21(17)29-22)14-4-2-3-5-18(14)32-23(26)27/h2-10,15,23,30H,11H2,1H3,(H,28,29). The summed E-state index contributed by atoms with van der Waals surface area (Å²) in [7, 11) is -1.12. The van der Waals surface area contributed by atoms with Crippen molar-refractivity contribution in [3.05, 3.63) is 76.0 Å². The number of halogens is 4. The summed E-state index contributed by atoms with van der Waals surface area (Å²) < 4.78 is 42.1. The number of rotatable bonds is 7. The molecule has 3 aromatic carbocycles. The summed E-state index contributed by atoms with van der Waals surface area (Å²) in [6, 6.07) is 14.9. The number of aromatic amines is 1. The van der Waals surface area contributed by atoms with Crippen molar-refractivity contribution in [2.24, 2.45) is 0 Å². The SMILES string of the molecule is CS(=O)c1ccc(C(CO)c2nc3c(Cl)c(-c4ccccc4OC(F)F)c(Cl)cc3[nH]2)cc1. The molecular formula is C23H18Cl2F2N2O3S. The van der Waals surface area contributed by atoms with Crippen LogP contribution in [0.5, 0.6) is 5.75 Å². The third-order valence-electron chi connectivity index (χ3n) is 5.19. The number of alkyl halides is 2. The predicted octanol–water partition coefficient (Wildman–Crippen LogP) is 6.00. The van der Waals surface area contributed by atoms with Crippen molar-refractivity contribution in [3.63, 3.8) is 0 Å². The van der Waals surface area contributed by atoms with Gasteiger partial charge in [-0.05, 0) is 29.8 Å². The number of para-hydroxylation sites is 1. The van der Waals surface area contributed by atoms with Gasteiger partial charge in [0, 0.05) is 33.1 Å². The van der Waals surface area contributed by atoms with Gasteiger partial charge in [-0.2, -0.15) is 8.78 Å². The second-order valence-corrected chi connectivity index (χ2v) is 9.36. The zero-order chi connectivity index (χ0) is 23.7. The number of nitrogens with zero attached hydrogens (tertiary/aromatic N) is 1. The minimum Gasteiger partial charge on any atom is -0.434 e. The first kappa shape index (κ1) is 23.6. The number of imidazole rings is 1. The first-order chi connectivity index (χ1) is 15.8. The average molecular weight is 511 g/mol. The highest BCUT2D eigenvalue weighted by atomic mass is 35.5. The van der Waals surface area contributed by atoms with Gasteiger partial charge in [0.25, 0.3) is 0 Å². The number of benzene rings is 3. The molecule has 0 fully saturated rings. The molecule has 4 aromatic rings. The van der Waals surface area contributed by atoms with Gasteiger partial charge in [-0.3, -0.25) is 4.21 Å². The summed E-state index contributed by atoms with van der Waals surface area (Å²) >= 11 is 13.1. The highest BCUT2D eigenvalue weighted by Crippen LogP contribution is 2.43. The number of ether oxygens (including phenoxy) is 1. The molecule has 0 amide bonds. The van der Waals surface area contributed by atoms with Crippen molar-refractivity contribution >= 4 is 45.0 Å². The van der Waals surface area contributed by atoms with Crippen LogP contribution in [0.1, 0.15) is 17.3 Å². The Kier molecular flexibility index (Phi) is 6.99. The predicted molar refractivity (Wildman–Crippen MR) is 126 cm³/mol. The number of aliphatic hydroxyl groups is 1. The van der Waals surface area contributed by atoms with Crippen molar-refractivity contribution in [3.8, 4) is 16.9 Å². The van der Waals surface area contributed by atoms with Crippen LogP contribution < -0.4 is 4.74 Å². The number of hydrogen-bond acceptors (Lipinski definition) is 4. The smallest absolute Gasteiger partial charge is 0.387 e. The van der Waals surface area contributed by atoms with Crippen LogP contribution >= 0.6 is 23.2 Å². The van der Waals surface area contributed by atoms with Crippen LogP contribution in [0.3, 0.4) is 0 Å². The maximum absolute atomic E-state index is 12.9. The average Bonchev–Trinajstić information content (AvgIpc) is 3.19. The fourth-order valence-electron chi connectivity index (χ4n) is 3.63. The molecule has 0 aliphatic rings. The Hall–Kier alpha value is -2.52. The second-order valence-electron chi connectivity index (χ2n) is 7.20. The van der Waals surface area contributed by atoms with E-state index in [9.17, 15) is 18.1 Å². The lowest BCUT2D eigenvalue weighted by Gasteiger charge is -2.13. The van der Waals surface area contributed by atoms with Crippen LogP contribution in [0.4, 0.5) is 8.78 Å². The van der Waals surface area contributed by atoms with Crippen LogP contribution in [0.25, 0.3) is 22.2 Å². The van der Waals surface area contributed by atoms with E-state index in [0.29, 0.717) is 32.9 Å². The summed E-state index contributed by atoms with van der Waals surface area (Å²) in [5, 5.41) is 10.4. The van der Waals surface area contributed by atoms with Gasteiger partial charge in [0.05, 0.1) is 28.1 Å². The molecule has 33 heavy (non-hydrogen) atoms. The van der Waals surface area contributed by atoms with Gasteiger partial charge >= 0.3 is 6.61 Å². The maximum Gasteiger partial charge on any atom is 0.387 e. The van der Waals surface area contributed by atoms with Gasteiger partial charge in [-0.1, -0.05) is 53.5 Å². The Balaban J connectivity index is 1.81. The topological polar surface area (TPSA) is 75.2 Å². The van der Waals surface area contributed by atoms with Crippen LogP contribution in [0, 0.1) is 0 Å². The largest absolute Gasteiger partial charge is 0.434 e. The Morgan fingerprint density at radius 2 is 1.85 bits per heavy atom. The van der Waals surface area contributed by atoms with Gasteiger partial charge in [0.1, 0.15) is 17.1 Å². The maximum atomic E-state index is 12.9. The zero-order valence-corrected chi connectivity index (χ0v) is 19.5. The van der Waals surface area contributed by atoms with Crippen molar-refractivity contribution < 1.29 is 22.8 Å². The molecule has 2 unspecified atom stereocenters. The van der Waals surface area contributed by atoms with Crippen molar-refractivity contribution in [1.82, 2.24) is 9.97 Å². The molecule has 172 valence electrons. The Labute approximate surface area is 200 Å². The first-order valence-corrected chi connectivity index (χ1v) is 12.1. The van der Waals surface area contributed by atoms with E-state index in [4.69, 9.17) is 23.2 Å². The van der Waals surface area contributed by atoms with E-state index in [2.05, 4.69) is 14.7 Å². The Morgan fingerprint density at radius 3 is 2.48 bits per heavy atom. The molecule has 0 bridgehead atoms. The summed E-state index contributed by atoms with van der Waals surface area (Å²) in [5.74, 6) is -0.109. The van der Waals surface area contributed by atoms with Gasteiger partial charge in [0.2, 0.25) is 0 Å². The zero-order valence-electron chi connectivity index (χ0n) is 17.2. The first-order valence-electron chi connectivity index (χ1n) is 9.76. The molecular weight excluding hydrogens is 493 g/mol. The Bertz CT molecular complexity index is 1330. The molecule has 0 spiro atoms. The third kappa shape index (κ3) is 4.75. The van der Waals surface area contributed by atoms with Crippen LogP contribution in [-0.4, -0.2) is 38.8 Å². The molecule has 1 aromatic heterocycles. The Morgan fingerprint density at radius 1 is 1.15 bits per heavy atom. The van der Waals surface area contributed by atoms with E-state index in [1.54, 1.807) is 54.8 Å². The molecule has 0 aliphatic carbocycles. The fraction of sp³-hybridized carbons (Fsp3) is 0.174. The molecule has 4 rings (SSSR count). The number of H-pyrrole nitrogens is 1. The third-order valence-corrected chi connectivity index (χ3v) is 6.79.